The summed E-state index contributed by atoms with van der Waals surface area (Å²) in [5, 5.41) is 10.4. The van der Waals surface area contributed by atoms with Crippen LogP contribution in [0.2, 0.25) is 0 Å². The Morgan fingerprint density at radius 3 is 2.39 bits per heavy atom. The van der Waals surface area contributed by atoms with Gasteiger partial charge in [-0.05, 0) is 43.6 Å². The van der Waals surface area contributed by atoms with Crippen LogP contribution in [0.5, 0.6) is 11.5 Å². The molecule has 3 rings (SSSR count). The molecule has 0 aliphatic carbocycles. The molecule has 28 heavy (non-hydrogen) atoms. The Balaban J connectivity index is 1.48. The number of likely N-dealkylation sites (tertiary alicyclic amines) is 1. The molecule has 6 nitrogen and oxygen atoms in total. The van der Waals surface area contributed by atoms with Crippen LogP contribution in [0.4, 0.5) is 0 Å². The van der Waals surface area contributed by atoms with E-state index in [-0.39, 0.29) is 6.61 Å². The number of rotatable bonds is 8. The Morgan fingerprint density at radius 2 is 1.68 bits per heavy atom. The summed E-state index contributed by atoms with van der Waals surface area (Å²) in [6.07, 6.45) is 5.92. The van der Waals surface area contributed by atoms with E-state index in [0.29, 0.717) is 12.3 Å². The van der Waals surface area contributed by atoms with Crippen molar-refractivity contribution in [1.82, 2.24) is 9.80 Å². The summed E-state index contributed by atoms with van der Waals surface area (Å²) < 4.78 is 16.8. The SMILES string of the molecule is COc1cc(CN2CCOCC2)ccc1OCC(O)CN1CCCCCCC1. The topological polar surface area (TPSA) is 54.4 Å². The highest BCUT2D eigenvalue weighted by Gasteiger charge is 2.16. The summed E-state index contributed by atoms with van der Waals surface area (Å²) in [5.41, 5.74) is 1.20. The fourth-order valence-corrected chi connectivity index (χ4v) is 3.98. The van der Waals surface area contributed by atoms with E-state index >= 15 is 0 Å². The van der Waals surface area contributed by atoms with Crippen LogP contribution >= 0.6 is 0 Å². The number of benzene rings is 1. The molecule has 0 radical (unpaired) electrons. The molecule has 1 aromatic carbocycles. The van der Waals surface area contributed by atoms with Crippen LogP contribution in [0.15, 0.2) is 18.2 Å². The third kappa shape index (κ3) is 6.92. The highest BCUT2D eigenvalue weighted by Crippen LogP contribution is 2.29. The van der Waals surface area contributed by atoms with E-state index in [9.17, 15) is 5.11 Å². The molecule has 1 aromatic rings. The van der Waals surface area contributed by atoms with E-state index in [2.05, 4.69) is 15.9 Å². The molecular formula is C22H36N2O4. The lowest BCUT2D eigenvalue weighted by Crippen LogP contribution is -2.37. The van der Waals surface area contributed by atoms with Gasteiger partial charge in [0, 0.05) is 26.2 Å². The molecule has 0 saturated carbocycles. The summed E-state index contributed by atoms with van der Waals surface area (Å²) >= 11 is 0. The Morgan fingerprint density at radius 1 is 0.964 bits per heavy atom. The van der Waals surface area contributed by atoms with Gasteiger partial charge in [-0.15, -0.1) is 0 Å². The highest BCUT2D eigenvalue weighted by atomic mass is 16.5. The third-order valence-electron chi connectivity index (χ3n) is 5.59. The van der Waals surface area contributed by atoms with Gasteiger partial charge in [0.25, 0.3) is 0 Å². The van der Waals surface area contributed by atoms with E-state index in [1.54, 1.807) is 7.11 Å². The molecule has 2 heterocycles. The largest absolute Gasteiger partial charge is 0.493 e. The van der Waals surface area contributed by atoms with Crippen LogP contribution in [-0.2, 0) is 11.3 Å². The maximum Gasteiger partial charge on any atom is 0.161 e. The summed E-state index contributed by atoms with van der Waals surface area (Å²) in [5.74, 6) is 1.42. The standard InChI is InChI=1S/C22H36N2O4/c1-26-22-15-19(16-24-11-13-27-14-12-24)7-8-21(22)28-18-20(25)17-23-9-5-3-2-4-6-10-23/h7-8,15,20,25H,2-6,9-14,16-18H2,1H3. The van der Waals surface area contributed by atoms with Gasteiger partial charge in [0.1, 0.15) is 12.7 Å². The van der Waals surface area contributed by atoms with Gasteiger partial charge < -0.3 is 24.2 Å². The van der Waals surface area contributed by atoms with Crippen LogP contribution in [0, 0.1) is 0 Å². The fourth-order valence-electron chi connectivity index (χ4n) is 3.98. The molecule has 1 unspecified atom stereocenters. The first kappa shape index (κ1) is 21.4. The molecule has 158 valence electrons. The number of morpholine rings is 1. The number of hydrogen-bond acceptors (Lipinski definition) is 6. The van der Waals surface area contributed by atoms with Crippen LogP contribution in [-0.4, -0.2) is 80.7 Å². The van der Waals surface area contributed by atoms with Crippen LogP contribution in [0.3, 0.4) is 0 Å². The van der Waals surface area contributed by atoms with Crippen molar-refractivity contribution >= 4 is 0 Å². The minimum absolute atomic E-state index is 0.287. The van der Waals surface area contributed by atoms with Crippen molar-refractivity contribution < 1.29 is 19.3 Å². The summed E-state index contributed by atoms with van der Waals surface area (Å²) in [4.78, 5) is 4.75. The van der Waals surface area contributed by atoms with E-state index in [1.807, 2.05) is 12.1 Å². The number of methoxy groups -OCH3 is 1. The zero-order valence-corrected chi connectivity index (χ0v) is 17.3. The maximum absolute atomic E-state index is 10.4. The lowest BCUT2D eigenvalue weighted by Gasteiger charge is -2.27. The van der Waals surface area contributed by atoms with Crippen molar-refractivity contribution in [2.75, 3.05) is 59.7 Å². The normalized spacial score (nSPS) is 20.9. The predicted molar refractivity (Wildman–Crippen MR) is 110 cm³/mol. The Bertz CT molecular complexity index is 570. The number of aliphatic hydroxyl groups excluding tert-OH is 1. The van der Waals surface area contributed by atoms with Gasteiger partial charge in [-0.25, -0.2) is 0 Å². The lowest BCUT2D eigenvalue weighted by atomic mass is 10.1. The van der Waals surface area contributed by atoms with E-state index in [4.69, 9.17) is 14.2 Å². The molecule has 6 heteroatoms. The second-order valence-electron chi connectivity index (χ2n) is 7.91. The molecule has 0 spiro atoms. The third-order valence-corrected chi connectivity index (χ3v) is 5.59. The van der Waals surface area contributed by atoms with E-state index in [0.717, 1.165) is 51.7 Å². The van der Waals surface area contributed by atoms with Gasteiger partial charge in [-0.1, -0.05) is 25.3 Å². The predicted octanol–water partition coefficient (Wildman–Crippen LogP) is 2.53. The number of ether oxygens (including phenoxy) is 3. The minimum Gasteiger partial charge on any atom is -0.493 e. The van der Waals surface area contributed by atoms with Gasteiger partial charge in [0.05, 0.1) is 20.3 Å². The van der Waals surface area contributed by atoms with Crippen molar-refractivity contribution in [1.29, 1.82) is 0 Å². The number of nitrogens with zero attached hydrogens (tertiary/aromatic N) is 2. The smallest absolute Gasteiger partial charge is 0.161 e. The van der Waals surface area contributed by atoms with Crippen LogP contribution in [0.1, 0.15) is 37.7 Å². The van der Waals surface area contributed by atoms with Crippen LogP contribution < -0.4 is 9.47 Å². The van der Waals surface area contributed by atoms with Crippen molar-refractivity contribution in [2.45, 2.75) is 44.8 Å². The summed E-state index contributed by atoms with van der Waals surface area (Å²) in [6.45, 7) is 7.53. The van der Waals surface area contributed by atoms with Gasteiger partial charge in [-0.2, -0.15) is 0 Å². The number of hydrogen-bond donors (Lipinski definition) is 1. The fraction of sp³-hybridized carbons (Fsp3) is 0.727. The minimum atomic E-state index is -0.489. The van der Waals surface area contributed by atoms with Crippen molar-refractivity contribution in [3.05, 3.63) is 23.8 Å². The van der Waals surface area contributed by atoms with Crippen molar-refractivity contribution in [3.63, 3.8) is 0 Å². The van der Waals surface area contributed by atoms with Crippen LogP contribution in [0.25, 0.3) is 0 Å². The molecule has 2 saturated heterocycles. The molecule has 2 fully saturated rings. The zero-order valence-electron chi connectivity index (χ0n) is 17.3. The van der Waals surface area contributed by atoms with Gasteiger partial charge in [0.15, 0.2) is 11.5 Å². The molecular weight excluding hydrogens is 356 g/mol. The molecule has 2 aliphatic rings. The molecule has 0 bridgehead atoms. The maximum atomic E-state index is 10.4. The Kier molecular flexibility index (Phi) is 8.86. The van der Waals surface area contributed by atoms with Gasteiger partial charge in [-0.3, -0.25) is 4.90 Å². The molecule has 0 aromatic heterocycles. The first-order valence-electron chi connectivity index (χ1n) is 10.7. The van der Waals surface area contributed by atoms with Gasteiger partial charge in [0.2, 0.25) is 0 Å². The van der Waals surface area contributed by atoms with Crippen molar-refractivity contribution in [3.8, 4) is 11.5 Å². The average molecular weight is 393 g/mol. The first-order valence-corrected chi connectivity index (χ1v) is 10.7. The molecule has 0 amide bonds. The van der Waals surface area contributed by atoms with Gasteiger partial charge >= 0.3 is 0 Å². The average Bonchev–Trinajstić information content (AvgIpc) is 2.69. The van der Waals surface area contributed by atoms with E-state index in [1.165, 1.54) is 37.7 Å². The van der Waals surface area contributed by atoms with E-state index < -0.39 is 6.10 Å². The lowest BCUT2D eigenvalue weighted by molar-refractivity contribution is 0.0341. The molecule has 1 atom stereocenters. The van der Waals surface area contributed by atoms with Crippen molar-refractivity contribution in [2.24, 2.45) is 0 Å². The Labute approximate surface area is 169 Å². The monoisotopic (exact) mass is 392 g/mol. The second-order valence-corrected chi connectivity index (χ2v) is 7.91. The molecule has 1 N–H and O–H groups in total. The summed E-state index contributed by atoms with van der Waals surface area (Å²) in [7, 11) is 1.66. The summed E-state index contributed by atoms with van der Waals surface area (Å²) in [6, 6.07) is 6.07. The number of aliphatic hydroxyl groups is 1. The molecule has 2 aliphatic heterocycles. The first-order chi connectivity index (χ1) is 13.7. The Hall–Kier alpha value is -1.34. The zero-order chi connectivity index (χ0) is 19.6. The second kappa shape index (κ2) is 11.6. The number of β-amino-alcohol motifs (C(OH)–C–C–N with tert-alkyl or cyclic N) is 1. The quantitative estimate of drug-likeness (QED) is 0.734. The highest BCUT2D eigenvalue weighted by molar-refractivity contribution is 5.43.